The second-order valence-corrected chi connectivity index (χ2v) is 7.83. The molecule has 0 atom stereocenters. The standard InChI is InChI=1S/C26H21N2O/c1-16-8-4-6-10-22(16)28-17(2)27(3)23-13-12-18-14-25-21(15-20(18)26(23)28)19-9-5-7-11-24(19)29-25/h4-15H,1-3H3/q+1. The van der Waals surface area contributed by atoms with Crippen LogP contribution in [-0.4, -0.2) is 4.57 Å². The van der Waals surface area contributed by atoms with Gasteiger partial charge in [-0.05, 0) is 54.3 Å². The second kappa shape index (κ2) is 5.71. The van der Waals surface area contributed by atoms with Gasteiger partial charge < -0.3 is 4.42 Å². The summed E-state index contributed by atoms with van der Waals surface area (Å²) in [6.07, 6.45) is 0. The van der Waals surface area contributed by atoms with Gasteiger partial charge in [0.15, 0.2) is 11.0 Å². The van der Waals surface area contributed by atoms with Crippen molar-refractivity contribution in [2.24, 2.45) is 7.05 Å². The molecule has 6 aromatic rings. The zero-order valence-corrected chi connectivity index (χ0v) is 16.7. The fraction of sp³-hybridized carbons (Fsp3) is 0.115. The van der Waals surface area contributed by atoms with Crippen molar-refractivity contribution >= 4 is 43.7 Å². The molecule has 0 bridgehead atoms. The fourth-order valence-corrected chi connectivity index (χ4v) is 4.62. The number of fused-ring (bicyclic) bond motifs is 6. The molecule has 0 aliphatic carbocycles. The van der Waals surface area contributed by atoms with E-state index in [0.29, 0.717) is 0 Å². The van der Waals surface area contributed by atoms with E-state index in [1.807, 2.05) is 12.1 Å². The molecular formula is C26H21N2O+. The molecule has 29 heavy (non-hydrogen) atoms. The molecule has 0 N–H and O–H groups in total. The van der Waals surface area contributed by atoms with E-state index in [9.17, 15) is 0 Å². The second-order valence-electron chi connectivity index (χ2n) is 7.83. The van der Waals surface area contributed by atoms with Crippen LogP contribution >= 0.6 is 0 Å². The molecule has 2 heterocycles. The van der Waals surface area contributed by atoms with Crippen LogP contribution < -0.4 is 4.57 Å². The van der Waals surface area contributed by atoms with E-state index < -0.39 is 0 Å². The third kappa shape index (κ3) is 2.16. The van der Waals surface area contributed by atoms with E-state index in [1.165, 1.54) is 44.3 Å². The predicted molar refractivity (Wildman–Crippen MR) is 119 cm³/mol. The lowest BCUT2D eigenvalue weighted by molar-refractivity contribution is -0.652. The molecule has 2 aromatic heterocycles. The molecule has 0 spiro atoms. The smallest absolute Gasteiger partial charge is 0.259 e. The lowest BCUT2D eigenvalue weighted by Gasteiger charge is -2.05. The highest BCUT2D eigenvalue weighted by Crippen LogP contribution is 2.35. The molecule has 0 amide bonds. The first-order valence-electron chi connectivity index (χ1n) is 9.94. The van der Waals surface area contributed by atoms with Crippen LogP contribution in [0.5, 0.6) is 0 Å². The summed E-state index contributed by atoms with van der Waals surface area (Å²) >= 11 is 0. The predicted octanol–water partition coefficient (Wildman–Crippen LogP) is 6.12. The van der Waals surface area contributed by atoms with Crippen molar-refractivity contribution in [2.75, 3.05) is 0 Å². The first kappa shape index (κ1) is 16.4. The number of nitrogens with zero attached hydrogens (tertiary/aromatic N) is 2. The molecule has 0 unspecified atom stereocenters. The first-order chi connectivity index (χ1) is 14.1. The Balaban J connectivity index is 1.84. The zero-order chi connectivity index (χ0) is 19.7. The Morgan fingerprint density at radius 1 is 0.759 bits per heavy atom. The summed E-state index contributed by atoms with van der Waals surface area (Å²) in [5, 5.41) is 4.76. The Hall–Kier alpha value is -3.59. The third-order valence-corrected chi connectivity index (χ3v) is 6.22. The summed E-state index contributed by atoms with van der Waals surface area (Å²) in [5.74, 6) is 1.21. The normalized spacial score (nSPS) is 12.0. The Morgan fingerprint density at radius 2 is 1.55 bits per heavy atom. The Morgan fingerprint density at radius 3 is 2.41 bits per heavy atom. The van der Waals surface area contributed by atoms with Crippen LogP contribution in [0, 0.1) is 13.8 Å². The fourth-order valence-electron chi connectivity index (χ4n) is 4.62. The monoisotopic (exact) mass is 377 g/mol. The van der Waals surface area contributed by atoms with Crippen LogP contribution in [0.1, 0.15) is 11.4 Å². The maximum atomic E-state index is 6.12. The van der Waals surface area contributed by atoms with Crippen molar-refractivity contribution in [3.8, 4) is 5.69 Å². The summed E-state index contributed by atoms with van der Waals surface area (Å²) < 4.78 is 10.8. The van der Waals surface area contributed by atoms with Gasteiger partial charge in [-0.3, -0.25) is 0 Å². The minimum atomic E-state index is 0.935. The molecule has 4 aromatic carbocycles. The molecule has 0 fully saturated rings. The van der Waals surface area contributed by atoms with Gasteiger partial charge in [-0.15, -0.1) is 0 Å². The van der Waals surface area contributed by atoms with Crippen LogP contribution in [0.15, 0.2) is 77.2 Å². The van der Waals surface area contributed by atoms with E-state index in [-0.39, 0.29) is 0 Å². The Bertz CT molecular complexity index is 1580. The van der Waals surface area contributed by atoms with E-state index >= 15 is 0 Å². The largest absolute Gasteiger partial charge is 0.456 e. The molecule has 6 rings (SSSR count). The lowest BCUT2D eigenvalue weighted by Crippen LogP contribution is -2.30. The SMILES string of the molecule is Cc1ccccc1-n1c(C)[n+](C)c2ccc3cc4oc5ccccc5c4cc3c21. The van der Waals surface area contributed by atoms with Gasteiger partial charge in [-0.2, -0.15) is 4.57 Å². The maximum absolute atomic E-state index is 6.12. The average molecular weight is 377 g/mol. The molecule has 0 radical (unpaired) electrons. The van der Waals surface area contributed by atoms with Crippen LogP contribution in [0.4, 0.5) is 0 Å². The van der Waals surface area contributed by atoms with Gasteiger partial charge in [-0.25, -0.2) is 4.57 Å². The number of imidazole rings is 1. The maximum Gasteiger partial charge on any atom is 0.259 e. The number of hydrogen-bond acceptors (Lipinski definition) is 1. The third-order valence-electron chi connectivity index (χ3n) is 6.22. The summed E-state index contributed by atoms with van der Waals surface area (Å²) in [6, 6.07) is 25.7. The summed E-state index contributed by atoms with van der Waals surface area (Å²) in [5.41, 5.74) is 6.83. The van der Waals surface area contributed by atoms with Gasteiger partial charge in [-0.1, -0.05) is 36.4 Å². The quantitative estimate of drug-likeness (QED) is 0.316. The number of para-hydroxylation sites is 2. The van der Waals surface area contributed by atoms with Crippen LogP contribution in [0.2, 0.25) is 0 Å². The van der Waals surface area contributed by atoms with E-state index in [4.69, 9.17) is 4.42 Å². The number of furan rings is 1. The van der Waals surface area contributed by atoms with Gasteiger partial charge >= 0.3 is 0 Å². The van der Waals surface area contributed by atoms with E-state index in [1.54, 1.807) is 0 Å². The van der Waals surface area contributed by atoms with Gasteiger partial charge in [0.25, 0.3) is 5.82 Å². The molecule has 0 saturated carbocycles. The molecule has 140 valence electrons. The van der Waals surface area contributed by atoms with Gasteiger partial charge in [0.2, 0.25) is 0 Å². The number of aromatic nitrogens is 2. The summed E-state index contributed by atoms with van der Waals surface area (Å²) in [6.45, 7) is 4.36. The average Bonchev–Trinajstić information content (AvgIpc) is 3.22. The highest BCUT2D eigenvalue weighted by atomic mass is 16.3. The van der Waals surface area contributed by atoms with Crippen molar-refractivity contribution in [2.45, 2.75) is 13.8 Å². The zero-order valence-electron chi connectivity index (χ0n) is 16.7. The van der Waals surface area contributed by atoms with Gasteiger partial charge in [0, 0.05) is 23.1 Å². The highest BCUT2D eigenvalue weighted by Gasteiger charge is 2.24. The van der Waals surface area contributed by atoms with Crippen LogP contribution in [0.3, 0.4) is 0 Å². The first-order valence-corrected chi connectivity index (χ1v) is 9.94. The van der Waals surface area contributed by atoms with Crippen molar-refractivity contribution in [1.29, 1.82) is 0 Å². The van der Waals surface area contributed by atoms with Crippen molar-refractivity contribution in [1.82, 2.24) is 4.57 Å². The molecule has 3 nitrogen and oxygen atoms in total. The molecular weight excluding hydrogens is 356 g/mol. The van der Waals surface area contributed by atoms with E-state index in [2.05, 4.69) is 90.7 Å². The molecule has 0 saturated heterocycles. The Kier molecular flexibility index (Phi) is 3.22. The Labute approximate surface area is 168 Å². The molecule has 0 aliphatic heterocycles. The van der Waals surface area contributed by atoms with Crippen molar-refractivity contribution < 1.29 is 8.98 Å². The highest BCUT2D eigenvalue weighted by molar-refractivity contribution is 6.15. The number of aryl methyl sites for hydroxylation is 2. The van der Waals surface area contributed by atoms with E-state index in [0.717, 1.165) is 16.6 Å². The van der Waals surface area contributed by atoms with Crippen molar-refractivity contribution in [3.05, 3.63) is 84.2 Å². The molecule has 3 heteroatoms. The minimum Gasteiger partial charge on any atom is -0.456 e. The molecule has 0 aliphatic rings. The summed E-state index contributed by atoms with van der Waals surface area (Å²) in [4.78, 5) is 0. The minimum absolute atomic E-state index is 0.935. The van der Waals surface area contributed by atoms with Crippen LogP contribution in [-0.2, 0) is 7.05 Å². The van der Waals surface area contributed by atoms with Gasteiger partial charge in [0.05, 0.1) is 7.05 Å². The van der Waals surface area contributed by atoms with Crippen LogP contribution in [0.25, 0.3) is 49.4 Å². The summed E-state index contributed by atoms with van der Waals surface area (Å²) in [7, 11) is 2.14. The lowest BCUT2D eigenvalue weighted by atomic mass is 10.0. The van der Waals surface area contributed by atoms with Gasteiger partial charge in [0.1, 0.15) is 16.9 Å². The number of rotatable bonds is 1. The van der Waals surface area contributed by atoms with Crippen molar-refractivity contribution in [3.63, 3.8) is 0 Å². The topological polar surface area (TPSA) is 21.9 Å². The number of hydrogen-bond donors (Lipinski definition) is 0. The number of benzene rings is 4.